The summed E-state index contributed by atoms with van der Waals surface area (Å²) in [5.41, 5.74) is 14.1. The van der Waals surface area contributed by atoms with Gasteiger partial charge in [0.15, 0.2) is 24.3 Å². The maximum Gasteiger partial charge on any atom is 0.306 e. The third kappa shape index (κ3) is 33.5. The summed E-state index contributed by atoms with van der Waals surface area (Å²) >= 11 is 22.2. The van der Waals surface area contributed by atoms with Gasteiger partial charge in [0.1, 0.15) is 22.3 Å². The van der Waals surface area contributed by atoms with Crippen LogP contribution in [0.3, 0.4) is 0 Å². The van der Waals surface area contributed by atoms with Gasteiger partial charge in [-0.1, -0.05) is 301 Å². The molecule has 0 aliphatic heterocycles. The SMILES string of the molecule is CC(=N)c1ccccc1.CC(CC1CCCCC1)C(=O)NN.CC(CC1CCCCC1)C(=O)O.CC(Cl)Cl.Clc1cccc(CNc2nc(N[C@H](CC3CCCCC3)c3nc(-c4ccccc4)n[nH]3)cc(-[n+]3cnc[nH]3)n2)c1.Fc1cc(-[n+]2cnc[nH]2)nc(NCc2cccc(Cl)c2)n1.N[C@H](CC1CCCCC1)c1nc(-c2ccccc2)n[nH]1. The standard InChI is InChI=1S/C29H31ClN10.C16H22N4.C13H10ClFN6.C10H20N2O.C10H18O2.C8H9N.C2H4Cl2/c30-23-13-7-10-21(14-23)17-32-29-35-25(16-26(36-29)40-19-31-18-33-40)34-24(15-20-8-3-1-4-9-20)28-37-27(38-39-28)22-11-5-2-6-12-22;17-14(11-12-7-3-1-4-8-12)16-18-15(19-20-16)13-9-5-2-6-10-13;14-10-3-1-2-9(4-10)6-17-13-19-11(15)5-12(20-13)21-8-16-7-18-21;1-8(10(13)12-11)7-9-5-3-2-4-6-9;1-8(10(11)12)7-9-5-3-2-4-6-9;1-7(9)8-5-3-2-4-6-8;1-2(3)4/h2,5-7,10-14,16,18-20,24H,1,3-4,8-9,15,17H2,(H3,32,34,35,36,37,38,39);2,5-6,9-10,12,14H,1,3-4,7-8,11,17H2,(H,18,19,20);1-5,7-8H,6H2,(H,17,19,20);8-9H,2-7,11H2,1H3,(H,12,13);8-9H,2-7H2,1H3,(H,11,12);2-6,9H,1H3;2H,1H3/p+2/t24-;14-;;;;;/m11...../s1. The number of aliphatic carboxylic acids is 1. The molecule has 0 bridgehead atoms. The minimum absolute atomic E-state index is 0.0226. The van der Waals surface area contributed by atoms with Gasteiger partial charge in [0.2, 0.25) is 24.5 Å². The van der Waals surface area contributed by atoms with Crippen LogP contribution >= 0.6 is 46.4 Å². The lowest BCUT2D eigenvalue weighted by Crippen LogP contribution is -2.35. The zero-order valence-corrected chi connectivity index (χ0v) is 71.5. The Bertz CT molecular complexity index is 4700. The molecular weight excluding hydrogens is 1590 g/mol. The maximum atomic E-state index is 13.5. The molecule has 11 aromatic rings. The number of aromatic nitrogens is 16. The van der Waals surface area contributed by atoms with E-state index in [0.717, 1.165) is 82.8 Å². The van der Waals surface area contributed by atoms with Gasteiger partial charge in [-0.3, -0.25) is 25.2 Å². The van der Waals surface area contributed by atoms with E-state index in [-0.39, 0.29) is 40.6 Å². The molecule has 5 aromatic carbocycles. The first kappa shape index (κ1) is 92.7. The van der Waals surface area contributed by atoms with E-state index in [2.05, 4.69) is 76.9 Å². The summed E-state index contributed by atoms with van der Waals surface area (Å²) in [5.74, 6) is 11.9. The number of nitrogens with zero attached hydrogens (tertiary/aromatic N) is 12. The van der Waals surface area contributed by atoms with Crippen LogP contribution in [0.4, 0.5) is 22.1 Å². The number of carbonyl (C=O) groups is 2. The van der Waals surface area contributed by atoms with E-state index in [0.29, 0.717) is 69.9 Å². The number of anilines is 3. The van der Waals surface area contributed by atoms with Crippen molar-refractivity contribution < 1.29 is 28.4 Å². The Morgan fingerprint density at radius 1 is 0.538 bits per heavy atom. The quantitative estimate of drug-likeness (QED) is 0.00481. The van der Waals surface area contributed by atoms with E-state index in [1.807, 2.05) is 153 Å². The molecule has 4 aliphatic carbocycles. The second-order valence-corrected chi connectivity index (χ2v) is 33.2. The normalized spacial score (nSPS) is 15.3. The molecule has 14 N–H and O–H groups in total. The summed E-state index contributed by atoms with van der Waals surface area (Å²) in [7, 11) is 0. The van der Waals surface area contributed by atoms with Gasteiger partial charge in [-0.25, -0.2) is 26.0 Å². The van der Waals surface area contributed by atoms with Crippen molar-refractivity contribution >= 4 is 81.7 Å². The van der Waals surface area contributed by atoms with Gasteiger partial charge in [0.25, 0.3) is 11.6 Å². The average Bonchev–Trinajstić information content (AvgIpc) is 1.80. The van der Waals surface area contributed by atoms with E-state index in [4.69, 9.17) is 83.4 Å². The highest BCUT2D eigenvalue weighted by Gasteiger charge is 2.28. The largest absolute Gasteiger partial charge is 0.481 e. The van der Waals surface area contributed by atoms with Crippen LogP contribution in [-0.4, -0.2) is 98.0 Å². The number of hydrogen-bond donors (Lipinski definition) is 12. The second kappa shape index (κ2) is 50.7. The molecule has 0 saturated heterocycles. The molecule has 4 saturated carbocycles. The highest BCUT2D eigenvalue weighted by Crippen LogP contribution is 2.36. The number of aromatic amines is 4. The Hall–Kier alpha value is -10.2. The second-order valence-electron chi connectivity index (χ2n) is 30.8. The summed E-state index contributed by atoms with van der Waals surface area (Å²) in [4.78, 5) is 56.4. The summed E-state index contributed by atoms with van der Waals surface area (Å²) in [6.07, 6.45) is 36.2. The fourth-order valence-corrected chi connectivity index (χ4v) is 15.4. The van der Waals surface area contributed by atoms with E-state index in [1.54, 1.807) is 37.3 Å². The molecule has 4 atom stereocenters. The first-order chi connectivity index (χ1) is 57.7. The molecular formula is C88H116Cl4FN23O3+2. The molecule has 0 spiro atoms. The Kier molecular flexibility index (Phi) is 39.5. The van der Waals surface area contributed by atoms with Crippen LogP contribution in [0, 0.1) is 46.9 Å². The van der Waals surface area contributed by atoms with Crippen molar-refractivity contribution in [3.8, 4) is 34.4 Å². The number of hydrogen-bond acceptors (Lipinski definition) is 18. The van der Waals surface area contributed by atoms with Crippen molar-refractivity contribution in [2.24, 2.45) is 47.1 Å². The Labute approximate surface area is 717 Å². The van der Waals surface area contributed by atoms with E-state index < -0.39 is 11.9 Å². The number of rotatable bonds is 25. The number of alkyl halides is 2. The van der Waals surface area contributed by atoms with Gasteiger partial charge >= 0.3 is 17.9 Å². The number of carbonyl (C=O) groups excluding carboxylic acids is 1. The van der Waals surface area contributed by atoms with Gasteiger partial charge in [0.05, 0.1) is 30.1 Å². The first-order valence-corrected chi connectivity index (χ1v) is 43.1. The van der Waals surface area contributed by atoms with Gasteiger partial charge in [0, 0.05) is 45.9 Å². The Morgan fingerprint density at radius 3 is 1.39 bits per heavy atom. The number of nitrogens with two attached hydrogens (primary N) is 2. The lowest BCUT2D eigenvalue weighted by Gasteiger charge is -2.26. The number of carboxylic acids is 1. The molecule has 2 unspecified atom stereocenters. The molecule has 26 nitrogen and oxygen atoms in total. The van der Waals surface area contributed by atoms with Gasteiger partial charge in [-0.2, -0.15) is 24.6 Å². The molecule has 31 heteroatoms. The van der Waals surface area contributed by atoms with Crippen LogP contribution in [0.25, 0.3) is 34.4 Å². The van der Waals surface area contributed by atoms with Crippen molar-refractivity contribution in [1.82, 2.24) is 75.9 Å². The van der Waals surface area contributed by atoms with Crippen LogP contribution in [0.2, 0.25) is 10.0 Å². The lowest BCUT2D eigenvalue weighted by molar-refractivity contribution is -0.660. The van der Waals surface area contributed by atoms with E-state index in [1.165, 1.54) is 152 Å². The zero-order valence-electron chi connectivity index (χ0n) is 68.5. The van der Waals surface area contributed by atoms with Crippen molar-refractivity contribution in [2.75, 3.05) is 16.0 Å². The third-order valence-corrected chi connectivity index (χ3v) is 21.7. The lowest BCUT2D eigenvalue weighted by atomic mass is 9.83. The Balaban J connectivity index is 0.000000174. The summed E-state index contributed by atoms with van der Waals surface area (Å²) in [6.45, 7) is 8.23. The van der Waals surface area contributed by atoms with Crippen LogP contribution in [-0.2, 0) is 22.7 Å². The molecule has 6 aromatic heterocycles. The molecule has 6 heterocycles. The fourth-order valence-electron chi connectivity index (χ4n) is 14.9. The molecule has 634 valence electrons. The number of H-pyrrole nitrogens is 4. The van der Waals surface area contributed by atoms with Crippen molar-refractivity contribution in [3.63, 3.8) is 0 Å². The van der Waals surface area contributed by atoms with Gasteiger partial charge < -0.3 is 32.2 Å². The fraction of sp³-hybridized carbons (Fsp3) is 0.443. The Morgan fingerprint density at radius 2 is 0.958 bits per heavy atom. The summed E-state index contributed by atoms with van der Waals surface area (Å²) in [6, 6.07) is 47.8. The number of amides is 1. The molecule has 1 amide bonds. The molecule has 15 rings (SSSR count). The third-order valence-electron chi connectivity index (χ3n) is 21.2. The average molecular weight is 1700 g/mol. The maximum absolute atomic E-state index is 13.5. The highest BCUT2D eigenvalue weighted by atomic mass is 35.5. The van der Waals surface area contributed by atoms with Crippen molar-refractivity contribution in [1.29, 1.82) is 5.41 Å². The smallest absolute Gasteiger partial charge is 0.306 e. The van der Waals surface area contributed by atoms with Crippen molar-refractivity contribution in [2.45, 2.75) is 212 Å². The topological polar surface area (TPSA) is 378 Å². The number of benzene rings is 5. The molecule has 119 heavy (non-hydrogen) atoms. The predicted octanol–water partition coefficient (Wildman–Crippen LogP) is 19.1. The zero-order chi connectivity index (χ0) is 84.5. The van der Waals surface area contributed by atoms with Gasteiger partial charge in [-0.15, -0.1) is 32.6 Å². The van der Waals surface area contributed by atoms with Crippen LogP contribution < -0.4 is 42.3 Å². The minimum atomic E-state index is -0.638. The van der Waals surface area contributed by atoms with Crippen LogP contribution in [0.15, 0.2) is 177 Å². The number of halogens is 5. The number of hydrazine groups is 1. The molecule has 4 aliphatic rings. The van der Waals surface area contributed by atoms with Gasteiger partial charge in [-0.05, 0) is 104 Å². The summed E-state index contributed by atoms with van der Waals surface area (Å²) in [5, 5.41) is 48.2. The predicted molar refractivity (Wildman–Crippen MR) is 469 cm³/mol. The monoisotopic (exact) mass is 1700 g/mol. The van der Waals surface area contributed by atoms with E-state index >= 15 is 0 Å². The molecule has 0 radical (unpaired) electrons. The number of carboxylic acid groups (broad SMARTS) is 1. The highest BCUT2D eigenvalue weighted by molar-refractivity contribution is 6.43. The minimum Gasteiger partial charge on any atom is -0.481 e. The van der Waals surface area contributed by atoms with Crippen LogP contribution in [0.1, 0.15) is 222 Å². The van der Waals surface area contributed by atoms with Crippen LogP contribution in [0.5, 0.6) is 0 Å². The van der Waals surface area contributed by atoms with Crippen molar-refractivity contribution in [3.05, 3.63) is 221 Å². The first-order valence-electron chi connectivity index (χ1n) is 41.5. The number of nitrogens with one attached hydrogen (secondary N) is 9. The summed E-state index contributed by atoms with van der Waals surface area (Å²) < 4.78 is 16.8. The van der Waals surface area contributed by atoms with E-state index in [9.17, 15) is 14.0 Å². The molecule has 4 fully saturated rings.